The van der Waals surface area contributed by atoms with Crippen molar-refractivity contribution in [1.29, 1.82) is 0 Å². The Morgan fingerprint density at radius 2 is 2.00 bits per heavy atom. The van der Waals surface area contributed by atoms with E-state index in [1.165, 1.54) is 11.8 Å². The number of carbonyl (C=O) groups excluding carboxylic acids is 3. The molecule has 0 aliphatic heterocycles. The molecule has 2 heterocycles. The maximum Gasteiger partial charge on any atom is 0.340 e. The van der Waals surface area contributed by atoms with Crippen molar-refractivity contribution in [1.82, 2.24) is 15.4 Å². The minimum Gasteiger partial charge on any atom is -0.452 e. The van der Waals surface area contributed by atoms with Crippen LogP contribution in [0, 0.1) is 13.8 Å². The second-order valence-electron chi connectivity index (χ2n) is 5.26. The van der Waals surface area contributed by atoms with Gasteiger partial charge in [0.05, 0.1) is 12.1 Å². The Balaban J connectivity index is 2.00. The molecule has 0 aliphatic carbocycles. The lowest BCUT2D eigenvalue weighted by Gasteiger charge is -2.09. The molecular weight excluding hydrogens is 330 g/mol. The summed E-state index contributed by atoms with van der Waals surface area (Å²) in [6, 6.07) is 5.77. The summed E-state index contributed by atoms with van der Waals surface area (Å²) in [5, 5.41) is 2.01. The maximum atomic E-state index is 12.2. The van der Waals surface area contributed by atoms with Crippen LogP contribution in [0.4, 0.5) is 0 Å². The first-order valence-corrected chi connectivity index (χ1v) is 8.18. The van der Waals surface area contributed by atoms with Crippen LogP contribution >= 0.6 is 11.3 Å². The number of rotatable bonds is 5. The van der Waals surface area contributed by atoms with E-state index >= 15 is 0 Å². The molecule has 0 fully saturated rings. The fourth-order valence-corrected chi connectivity index (χ4v) is 2.90. The van der Waals surface area contributed by atoms with Gasteiger partial charge in [0.1, 0.15) is 0 Å². The van der Waals surface area contributed by atoms with Crippen molar-refractivity contribution >= 4 is 29.1 Å². The van der Waals surface area contributed by atoms with Gasteiger partial charge in [-0.25, -0.2) is 4.79 Å². The Hall–Kier alpha value is -2.61. The van der Waals surface area contributed by atoms with Gasteiger partial charge < -0.3 is 9.30 Å². The normalized spacial score (nSPS) is 10.3. The molecule has 0 atom stereocenters. The van der Waals surface area contributed by atoms with E-state index in [-0.39, 0.29) is 0 Å². The summed E-state index contributed by atoms with van der Waals surface area (Å²) in [5.41, 5.74) is 6.41. The molecule has 2 aromatic rings. The van der Waals surface area contributed by atoms with Crippen LogP contribution in [0.15, 0.2) is 23.6 Å². The lowest BCUT2D eigenvalue weighted by atomic mass is 10.2. The number of carbonyl (C=O) groups is 3. The number of nitrogens with one attached hydrogen (secondary N) is 2. The monoisotopic (exact) mass is 349 g/mol. The average molecular weight is 349 g/mol. The largest absolute Gasteiger partial charge is 0.452 e. The fourth-order valence-electron chi connectivity index (χ4n) is 2.21. The van der Waals surface area contributed by atoms with Crippen LogP contribution in [0.1, 0.15) is 33.5 Å². The fraction of sp³-hybridized carbons (Fsp3) is 0.312. The number of hydrogen-bond acceptors (Lipinski definition) is 5. The Bertz CT molecular complexity index is 750. The molecule has 0 saturated heterocycles. The first-order chi connectivity index (χ1) is 11.4. The number of hydrazine groups is 1. The smallest absolute Gasteiger partial charge is 0.340 e. The highest BCUT2D eigenvalue weighted by Crippen LogP contribution is 2.19. The van der Waals surface area contributed by atoms with Crippen LogP contribution in [0.25, 0.3) is 0 Å². The quantitative estimate of drug-likeness (QED) is 0.633. The topological polar surface area (TPSA) is 89.4 Å². The van der Waals surface area contributed by atoms with Crippen LogP contribution in [-0.2, 0) is 20.9 Å². The van der Waals surface area contributed by atoms with Crippen LogP contribution in [0.2, 0.25) is 0 Å². The van der Waals surface area contributed by atoms with Crippen molar-refractivity contribution in [2.45, 2.75) is 27.3 Å². The Morgan fingerprint density at radius 1 is 1.25 bits per heavy atom. The van der Waals surface area contributed by atoms with E-state index in [1.807, 2.05) is 35.9 Å². The van der Waals surface area contributed by atoms with Crippen molar-refractivity contribution in [3.63, 3.8) is 0 Å². The Kier molecular flexibility index (Phi) is 5.75. The number of aryl methyl sites for hydroxylation is 1. The van der Waals surface area contributed by atoms with E-state index in [9.17, 15) is 14.4 Å². The molecule has 0 spiro atoms. The highest BCUT2D eigenvalue weighted by molar-refractivity contribution is 7.09. The van der Waals surface area contributed by atoms with Gasteiger partial charge in [-0.3, -0.25) is 20.4 Å². The molecule has 2 N–H and O–H groups in total. The predicted molar refractivity (Wildman–Crippen MR) is 89.6 cm³/mol. The molecular formula is C16H19N3O4S. The number of ether oxygens (including phenoxy) is 1. The van der Waals surface area contributed by atoms with Gasteiger partial charge in [-0.2, -0.15) is 0 Å². The second kappa shape index (κ2) is 7.78. The summed E-state index contributed by atoms with van der Waals surface area (Å²) in [5.74, 6) is -1.59. The zero-order valence-corrected chi connectivity index (χ0v) is 14.5. The lowest BCUT2D eigenvalue weighted by Crippen LogP contribution is -2.42. The predicted octanol–water partition coefficient (Wildman–Crippen LogP) is 1.54. The third kappa shape index (κ3) is 4.45. The molecule has 2 amide bonds. The zero-order chi connectivity index (χ0) is 17.7. The van der Waals surface area contributed by atoms with Gasteiger partial charge in [0.2, 0.25) is 5.91 Å². The standard InChI is InChI=1S/C16H19N3O4S/c1-10-7-14(11(2)19(10)8-13-5-4-6-24-13)16(22)23-9-15(21)18-17-12(3)20/h4-7H,8-9H2,1-3H3,(H,17,20)(H,18,21). The number of thiophene rings is 1. The van der Waals surface area contributed by atoms with E-state index in [0.717, 1.165) is 11.4 Å². The first kappa shape index (κ1) is 17.7. The van der Waals surface area contributed by atoms with Crippen molar-refractivity contribution in [2.24, 2.45) is 0 Å². The SMILES string of the molecule is CC(=O)NNC(=O)COC(=O)c1cc(C)n(Cc2cccs2)c1C. The van der Waals surface area contributed by atoms with Gasteiger partial charge in [0.15, 0.2) is 6.61 Å². The summed E-state index contributed by atoms with van der Waals surface area (Å²) in [6.45, 7) is 5.24. The molecule has 24 heavy (non-hydrogen) atoms. The summed E-state index contributed by atoms with van der Waals surface area (Å²) < 4.78 is 7.02. The van der Waals surface area contributed by atoms with E-state index in [0.29, 0.717) is 12.1 Å². The molecule has 0 radical (unpaired) electrons. The summed E-state index contributed by atoms with van der Waals surface area (Å²) in [6.07, 6.45) is 0. The number of esters is 1. The van der Waals surface area contributed by atoms with Gasteiger partial charge in [0.25, 0.3) is 5.91 Å². The zero-order valence-electron chi connectivity index (χ0n) is 13.7. The molecule has 0 saturated carbocycles. The van der Waals surface area contributed by atoms with Crippen LogP contribution < -0.4 is 10.9 Å². The molecule has 128 valence electrons. The van der Waals surface area contributed by atoms with Gasteiger partial charge in [0, 0.05) is 23.2 Å². The number of amides is 2. The number of aromatic nitrogens is 1. The minimum absolute atomic E-state index is 0.410. The van der Waals surface area contributed by atoms with Crippen molar-refractivity contribution in [2.75, 3.05) is 6.61 Å². The van der Waals surface area contributed by atoms with Crippen molar-refractivity contribution in [3.05, 3.63) is 45.4 Å². The summed E-state index contributed by atoms with van der Waals surface area (Å²) in [4.78, 5) is 35.5. The second-order valence-corrected chi connectivity index (χ2v) is 6.29. The van der Waals surface area contributed by atoms with Gasteiger partial charge in [-0.05, 0) is 31.4 Å². The van der Waals surface area contributed by atoms with Crippen molar-refractivity contribution < 1.29 is 19.1 Å². The van der Waals surface area contributed by atoms with Crippen LogP contribution in [0.5, 0.6) is 0 Å². The third-order valence-corrected chi connectivity index (χ3v) is 4.26. The van der Waals surface area contributed by atoms with Gasteiger partial charge >= 0.3 is 5.97 Å². The van der Waals surface area contributed by atoms with E-state index in [2.05, 4.69) is 10.9 Å². The highest BCUT2D eigenvalue weighted by atomic mass is 32.1. The Labute approximate surface area is 143 Å². The van der Waals surface area contributed by atoms with E-state index in [4.69, 9.17) is 4.74 Å². The lowest BCUT2D eigenvalue weighted by molar-refractivity contribution is -0.129. The molecule has 0 aromatic carbocycles. The number of hydrogen-bond donors (Lipinski definition) is 2. The van der Waals surface area contributed by atoms with E-state index in [1.54, 1.807) is 17.4 Å². The Morgan fingerprint density at radius 3 is 2.62 bits per heavy atom. The van der Waals surface area contributed by atoms with Crippen molar-refractivity contribution in [3.8, 4) is 0 Å². The summed E-state index contributed by atoms with van der Waals surface area (Å²) in [7, 11) is 0. The summed E-state index contributed by atoms with van der Waals surface area (Å²) >= 11 is 1.65. The van der Waals surface area contributed by atoms with Gasteiger partial charge in [-0.15, -0.1) is 11.3 Å². The maximum absolute atomic E-state index is 12.2. The average Bonchev–Trinajstić information content (AvgIpc) is 3.14. The van der Waals surface area contributed by atoms with Crippen LogP contribution in [0.3, 0.4) is 0 Å². The molecule has 8 heteroatoms. The molecule has 7 nitrogen and oxygen atoms in total. The van der Waals surface area contributed by atoms with Crippen LogP contribution in [-0.4, -0.2) is 29.0 Å². The number of nitrogens with zero attached hydrogens (tertiary/aromatic N) is 1. The van der Waals surface area contributed by atoms with E-state index < -0.39 is 24.4 Å². The molecule has 0 aliphatic rings. The first-order valence-electron chi connectivity index (χ1n) is 7.30. The third-order valence-electron chi connectivity index (χ3n) is 3.40. The molecule has 0 bridgehead atoms. The molecule has 2 aromatic heterocycles. The molecule has 2 rings (SSSR count). The minimum atomic E-state index is -0.606. The molecule has 0 unspecified atom stereocenters. The highest BCUT2D eigenvalue weighted by Gasteiger charge is 2.18. The van der Waals surface area contributed by atoms with Gasteiger partial charge in [-0.1, -0.05) is 6.07 Å².